The Morgan fingerprint density at radius 2 is 2.00 bits per heavy atom. The van der Waals surface area contributed by atoms with Gasteiger partial charge in [-0.15, -0.1) is 0 Å². The van der Waals surface area contributed by atoms with Gasteiger partial charge in [0.15, 0.2) is 6.10 Å². The van der Waals surface area contributed by atoms with Crippen LogP contribution in [0.4, 0.5) is 0 Å². The standard InChI is InChI=1S/C9H16O4/c1-9(2,3)13-7(5-6-10)8(11)12-4/h6-7H,5H2,1-4H3. The Kier molecular flexibility index (Phi) is 4.62. The van der Waals surface area contributed by atoms with Crippen LogP contribution in [0.1, 0.15) is 27.2 Å². The summed E-state index contributed by atoms with van der Waals surface area (Å²) in [6, 6.07) is 0. The molecule has 4 heteroatoms. The summed E-state index contributed by atoms with van der Waals surface area (Å²) in [4.78, 5) is 21.3. The first-order valence-electron chi connectivity index (χ1n) is 4.10. The fourth-order valence-corrected chi connectivity index (χ4v) is 0.838. The Morgan fingerprint density at radius 1 is 1.46 bits per heavy atom. The summed E-state index contributed by atoms with van der Waals surface area (Å²) in [7, 11) is 1.27. The third kappa shape index (κ3) is 5.36. The van der Waals surface area contributed by atoms with Crippen LogP contribution in [0.25, 0.3) is 0 Å². The van der Waals surface area contributed by atoms with Crippen LogP contribution in [-0.4, -0.2) is 31.1 Å². The van der Waals surface area contributed by atoms with Crippen LogP contribution >= 0.6 is 0 Å². The second kappa shape index (κ2) is 4.97. The van der Waals surface area contributed by atoms with Crippen molar-refractivity contribution in [3.05, 3.63) is 0 Å². The van der Waals surface area contributed by atoms with Crippen LogP contribution in [0.3, 0.4) is 0 Å². The van der Waals surface area contributed by atoms with Crippen molar-refractivity contribution in [1.82, 2.24) is 0 Å². The Balaban J connectivity index is 4.25. The van der Waals surface area contributed by atoms with Gasteiger partial charge >= 0.3 is 5.97 Å². The van der Waals surface area contributed by atoms with Gasteiger partial charge in [0.1, 0.15) is 6.29 Å². The smallest absolute Gasteiger partial charge is 0.335 e. The zero-order valence-corrected chi connectivity index (χ0v) is 8.49. The molecule has 0 aliphatic heterocycles. The zero-order valence-electron chi connectivity index (χ0n) is 8.49. The van der Waals surface area contributed by atoms with E-state index in [4.69, 9.17) is 4.74 Å². The maximum absolute atomic E-state index is 11.1. The van der Waals surface area contributed by atoms with Crippen LogP contribution in [-0.2, 0) is 19.1 Å². The minimum absolute atomic E-state index is 0.0317. The van der Waals surface area contributed by atoms with Gasteiger partial charge in [0.05, 0.1) is 12.7 Å². The molecule has 0 spiro atoms. The minimum atomic E-state index is -0.789. The van der Waals surface area contributed by atoms with E-state index in [2.05, 4.69) is 4.74 Å². The molecule has 0 aliphatic rings. The molecule has 0 saturated heterocycles. The van der Waals surface area contributed by atoms with Crippen LogP contribution in [0, 0.1) is 0 Å². The molecule has 0 aromatic carbocycles. The Hall–Kier alpha value is -0.900. The molecule has 13 heavy (non-hydrogen) atoms. The topological polar surface area (TPSA) is 52.6 Å². The molecule has 0 N–H and O–H groups in total. The molecule has 0 fully saturated rings. The van der Waals surface area contributed by atoms with Gasteiger partial charge in [-0.05, 0) is 20.8 Å². The number of ether oxygens (including phenoxy) is 2. The van der Waals surface area contributed by atoms with E-state index in [9.17, 15) is 9.59 Å². The predicted molar refractivity (Wildman–Crippen MR) is 47.3 cm³/mol. The molecule has 1 atom stereocenters. The molecule has 0 amide bonds. The summed E-state index contributed by atoms with van der Waals surface area (Å²) in [6.07, 6.45) is -0.112. The van der Waals surface area contributed by atoms with E-state index in [1.807, 2.05) is 20.8 Å². The van der Waals surface area contributed by atoms with Crippen molar-refractivity contribution in [2.75, 3.05) is 7.11 Å². The van der Waals surface area contributed by atoms with Gasteiger partial charge in [0.2, 0.25) is 0 Å². The van der Waals surface area contributed by atoms with Crippen LogP contribution in [0.15, 0.2) is 0 Å². The maximum Gasteiger partial charge on any atom is 0.335 e. The van der Waals surface area contributed by atoms with Crippen molar-refractivity contribution >= 4 is 12.3 Å². The van der Waals surface area contributed by atoms with Gasteiger partial charge in [-0.1, -0.05) is 0 Å². The minimum Gasteiger partial charge on any atom is -0.467 e. The maximum atomic E-state index is 11.1. The molecular formula is C9H16O4. The number of rotatable bonds is 4. The van der Waals surface area contributed by atoms with Crippen LogP contribution in [0.2, 0.25) is 0 Å². The summed E-state index contributed by atoms with van der Waals surface area (Å²) in [5.41, 5.74) is -0.456. The summed E-state index contributed by atoms with van der Waals surface area (Å²) in [5, 5.41) is 0. The van der Waals surface area contributed by atoms with E-state index >= 15 is 0 Å². The Bertz CT molecular complexity index is 181. The molecule has 0 aliphatic carbocycles. The number of hydrogen-bond donors (Lipinski definition) is 0. The van der Waals surface area contributed by atoms with Crippen LogP contribution < -0.4 is 0 Å². The van der Waals surface area contributed by atoms with E-state index in [0.29, 0.717) is 6.29 Å². The lowest BCUT2D eigenvalue weighted by Crippen LogP contribution is -2.34. The largest absolute Gasteiger partial charge is 0.467 e. The second-order valence-corrected chi connectivity index (χ2v) is 3.64. The zero-order chi connectivity index (χ0) is 10.5. The van der Waals surface area contributed by atoms with Gasteiger partial charge in [-0.2, -0.15) is 0 Å². The van der Waals surface area contributed by atoms with E-state index in [1.54, 1.807) is 0 Å². The summed E-state index contributed by atoms with van der Waals surface area (Å²) < 4.78 is 9.81. The molecule has 0 rings (SSSR count). The molecule has 0 heterocycles. The third-order valence-corrected chi connectivity index (χ3v) is 1.27. The molecular weight excluding hydrogens is 172 g/mol. The van der Waals surface area contributed by atoms with Gasteiger partial charge in [-0.25, -0.2) is 4.79 Å². The lowest BCUT2D eigenvalue weighted by atomic mass is 10.1. The van der Waals surface area contributed by atoms with Crippen molar-refractivity contribution < 1.29 is 19.1 Å². The average Bonchev–Trinajstić information content (AvgIpc) is 2.00. The quantitative estimate of drug-likeness (QED) is 0.486. The molecule has 1 unspecified atom stereocenters. The molecule has 0 bridgehead atoms. The SMILES string of the molecule is COC(=O)C(CC=O)OC(C)(C)C. The number of carbonyl (C=O) groups excluding carboxylic acids is 2. The van der Waals surface area contributed by atoms with Gasteiger partial charge in [-0.3, -0.25) is 0 Å². The monoisotopic (exact) mass is 188 g/mol. The third-order valence-electron chi connectivity index (χ3n) is 1.27. The molecule has 4 nitrogen and oxygen atoms in total. The van der Waals surface area contributed by atoms with Crippen molar-refractivity contribution in [1.29, 1.82) is 0 Å². The number of carbonyl (C=O) groups is 2. The first-order valence-corrected chi connectivity index (χ1v) is 4.10. The van der Waals surface area contributed by atoms with Crippen LogP contribution in [0.5, 0.6) is 0 Å². The van der Waals surface area contributed by atoms with E-state index in [0.717, 1.165) is 0 Å². The highest BCUT2D eigenvalue weighted by molar-refractivity contribution is 5.77. The van der Waals surface area contributed by atoms with Gasteiger partial charge in [0, 0.05) is 6.42 Å². The van der Waals surface area contributed by atoms with E-state index in [-0.39, 0.29) is 6.42 Å². The molecule has 0 radical (unpaired) electrons. The fraction of sp³-hybridized carbons (Fsp3) is 0.778. The number of methoxy groups -OCH3 is 1. The highest BCUT2D eigenvalue weighted by Gasteiger charge is 2.25. The average molecular weight is 188 g/mol. The number of esters is 1. The summed E-state index contributed by atoms with van der Waals surface area (Å²) >= 11 is 0. The highest BCUT2D eigenvalue weighted by atomic mass is 16.6. The molecule has 76 valence electrons. The first kappa shape index (κ1) is 12.1. The summed E-state index contributed by atoms with van der Waals surface area (Å²) in [6.45, 7) is 5.44. The molecule has 0 aromatic heterocycles. The van der Waals surface area contributed by atoms with Gasteiger partial charge in [0.25, 0.3) is 0 Å². The Labute approximate surface area is 78.2 Å². The van der Waals surface area contributed by atoms with Crippen molar-refractivity contribution in [3.8, 4) is 0 Å². The van der Waals surface area contributed by atoms with Crippen molar-refractivity contribution in [3.63, 3.8) is 0 Å². The second-order valence-electron chi connectivity index (χ2n) is 3.64. The van der Waals surface area contributed by atoms with E-state index in [1.165, 1.54) is 7.11 Å². The highest BCUT2D eigenvalue weighted by Crippen LogP contribution is 2.13. The predicted octanol–water partition coefficient (Wildman–Crippen LogP) is 0.932. The fourth-order valence-electron chi connectivity index (χ4n) is 0.838. The molecule has 0 saturated carbocycles. The van der Waals surface area contributed by atoms with Crippen molar-refractivity contribution in [2.45, 2.75) is 38.9 Å². The van der Waals surface area contributed by atoms with Crippen molar-refractivity contribution in [2.24, 2.45) is 0 Å². The van der Waals surface area contributed by atoms with E-state index < -0.39 is 17.7 Å². The normalized spacial score (nSPS) is 13.5. The Morgan fingerprint density at radius 3 is 2.31 bits per heavy atom. The first-order chi connectivity index (χ1) is 5.90. The number of hydrogen-bond acceptors (Lipinski definition) is 4. The lowest BCUT2D eigenvalue weighted by molar-refractivity contribution is -0.164. The number of aldehydes is 1. The lowest BCUT2D eigenvalue weighted by Gasteiger charge is -2.24. The summed E-state index contributed by atoms with van der Waals surface area (Å²) in [5.74, 6) is -0.512. The van der Waals surface area contributed by atoms with Gasteiger partial charge < -0.3 is 14.3 Å². The molecule has 0 aromatic rings.